The van der Waals surface area contributed by atoms with Gasteiger partial charge in [0.2, 0.25) is 0 Å². The van der Waals surface area contributed by atoms with Crippen LogP contribution in [-0.4, -0.2) is 29.9 Å². The summed E-state index contributed by atoms with van der Waals surface area (Å²) in [6.07, 6.45) is 3.61. The second-order valence-electron chi connectivity index (χ2n) is 4.30. The summed E-state index contributed by atoms with van der Waals surface area (Å²) in [5.41, 5.74) is 0. The first-order valence-corrected chi connectivity index (χ1v) is 7.74. The van der Waals surface area contributed by atoms with E-state index in [0.29, 0.717) is 0 Å². The molecule has 0 aromatic carbocycles. The molecule has 0 atom stereocenters. The lowest BCUT2D eigenvalue weighted by Gasteiger charge is -1.98. The predicted molar refractivity (Wildman–Crippen MR) is 74.5 cm³/mol. The lowest BCUT2D eigenvalue weighted by atomic mass is 10.4. The van der Waals surface area contributed by atoms with E-state index in [1.807, 2.05) is 11.4 Å². The molecule has 0 saturated heterocycles. The third-order valence-electron chi connectivity index (χ3n) is 2.86. The molecule has 0 amide bonds. The van der Waals surface area contributed by atoms with E-state index in [-0.39, 0.29) is 0 Å². The molecule has 0 radical (unpaired) electrons. The molecule has 0 spiro atoms. The molecule has 1 aliphatic rings. The van der Waals surface area contributed by atoms with Crippen LogP contribution in [0.25, 0.3) is 9.88 Å². The van der Waals surface area contributed by atoms with Crippen molar-refractivity contribution in [2.75, 3.05) is 13.7 Å². The van der Waals surface area contributed by atoms with Crippen molar-refractivity contribution in [2.45, 2.75) is 25.3 Å². The molecular weight excluding hydrogens is 266 g/mol. The topological polar surface area (TPSA) is 47.0 Å². The summed E-state index contributed by atoms with van der Waals surface area (Å²) in [7, 11) is 1.69. The van der Waals surface area contributed by atoms with Crippen LogP contribution in [0.2, 0.25) is 0 Å². The Morgan fingerprint density at radius 3 is 3.11 bits per heavy atom. The molecule has 0 bridgehead atoms. The minimum absolute atomic E-state index is 0.759. The van der Waals surface area contributed by atoms with Crippen molar-refractivity contribution in [3.63, 3.8) is 0 Å². The maximum atomic E-state index is 5.31. The number of ether oxygens (including phenoxy) is 1. The molecule has 18 heavy (non-hydrogen) atoms. The van der Waals surface area contributed by atoms with E-state index in [1.54, 1.807) is 29.8 Å². The quantitative estimate of drug-likeness (QED) is 0.884. The Hall–Kier alpha value is -0.980. The van der Waals surface area contributed by atoms with Crippen molar-refractivity contribution >= 4 is 22.7 Å². The summed E-state index contributed by atoms with van der Waals surface area (Å²) in [5.74, 6) is 0.888. The first-order valence-electron chi connectivity index (χ1n) is 6.04. The fourth-order valence-electron chi connectivity index (χ4n) is 1.73. The van der Waals surface area contributed by atoms with Crippen LogP contribution in [0, 0.1) is 0 Å². The van der Waals surface area contributed by atoms with Gasteiger partial charge in [0.15, 0.2) is 5.01 Å². The number of nitrogens with one attached hydrogen (secondary N) is 1. The van der Waals surface area contributed by atoms with E-state index in [0.717, 1.165) is 39.6 Å². The van der Waals surface area contributed by atoms with Crippen molar-refractivity contribution in [3.05, 3.63) is 16.5 Å². The molecule has 96 valence electrons. The standard InChI is InChI=1S/C12H15N3OS2/c1-16-9-5-7-17-11(9)12-15-14-10(18-12)4-6-13-8-2-3-8/h5,7-8,13H,2-4,6H2,1H3. The number of thiophene rings is 1. The van der Waals surface area contributed by atoms with Crippen molar-refractivity contribution in [1.82, 2.24) is 15.5 Å². The Kier molecular flexibility index (Phi) is 3.58. The average Bonchev–Trinajstić information content (AvgIpc) is 2.92. The van der Waals surface area contributed by atoms with E-state index in [1.165, 1.54) is 12.8 Å². The molecular formula is C12H15N3OS2. The zero-order valence-corrected chi connectivity index (χ0v) is 11.8. The van der Waals surface area contributed by atoms with Crippen molar-refractivity contribution < 1.29 is 4.74 Å². The second-order valence-corrected chi connectivity index (χ2v) is 6.28. The SMILES string of the molecule is COc1ccsc1-c1nnc(CCNC2CC2)s1. The maximum absolute atomic E-state index is 5.31. The summed E-state index contributed by atoms with van der Waals surface area (Å²) in [4.78, 5) is 1.08. The second kappa shape index (κ2) is 5.34. The maximum Gasteiger partial charge on any atom is 0.161 e. The molecule has 3 rings (SSSR count). The number of rotatable bonds is 6. The Morgan fingerprint density at radius 2 is 2.33 bits per heavy atom. The highest BCUT2D eigenvalue weighted by Gasteiger charge is 2.20. The Morgan fingerprint density at radius 1 is 1.44 bits per heavy atom. The van der Waals surface area contributed by atoms with Gasteiger partial charge in [0.25, 0.3) is 0 Å². The number of nitrogens with zero attached hydrogens (tertiary/aromatic N) is 2. The molecule has 1 aliphatic carbocycles. The highest BCUT2D eigenvalue weighted by atomic mass is 32.1. The number of methoxy groups -OCH3 is 1. The first-order chi connectivity index (χ1) is 8.86. The summed E-state index contributed by atoms with van der Waals surface area (Å²) in [6, 6.07) is 2.73. The van der Waals surface area contributed by atoms with Crippen LogP contribution in [0.3, 0.4) is 0 Å². The van der Waals surface area contributed by atoms with Crippen molar-refractivity contribution in [2.24, 2.45) is 0 Å². The molecule has 4 nitrogen and oxygen atoms in total. The van der Waals surface area contributed by atoms with Gasteiger partial charge in [-0.15, -0.1) is 21.5 Å². The Labute approximate surface area is 114 Å². The van der Waals surface area contributed by atoms with Crippen LogP contribution in [0.5, 0.6) is 5.75 Å². The van der Waals surface area contributed by atoms with Crippen molar-refractivity contribution in [1.29, 1.82) is 0 Å². The first kappa shape index (κ1) is 12.1. The molecule has 2 aromatic rings. The zero-order valence-electron chi connectivity index (χ0n) is 10.2. The number of hydrogen-bond donors (Lipinski definition) is 1. The summed E-state index contributed by atoms with van der Waals surface area (Å²) >= 11 is 3.31. The normalized spacial score (nSPS) is 14.9. The van der Waals surface area contributed by atoms with Gasteiger partial charge in [-0.05, 0) is 24.3 Å². The number of aromatic nitrogens is 2. The number of hydrogen-bond acceptors (Lipinski definition) is 6. The van der Waals surface area contributed by atoms with Crippen LogP contribution in [0.4, 0.5) is 0 Å². The van der Waals surface area contributed by atoms with Crippen LogP contribution >= 0.6 is 22.7 Å². The van der Waals surface area contributed by atoms with E-state index in [9.17, 15) is 0 Å². The minimum Gasteiger partial charge on any atom is -0.495 e. The molecule has 1 saturated carbocycles. The molecule has 1 N–H and O–H groups in total. The Balaban J connectivity index is 1.64. The molecule has 6 heteroatoms. The molecule has 1 fully saturated rings. The van der Waals surface area contributed by atoms with Gasteiger partial charge in [0, 0.05) is 19.0 Å². The van der Waals surface area contributed by atoms with Gasteiger partial charge in [0.05, 0.1) is 7.11 Å². The van der Waals surface area contributed by atoms with E-state index < -0.39 is 0 Å². The monoisotopic (exact) mass is 281 g/mol. The van der Waals surface area contributed by atoms with E-state index in [2.05, 4.69) is 15.5 Å². The lowest BCUT2D eigenvalue weighted by Crippen LogP contribution is -2.19. The van der Waals surface area contributed by atoms with Gasteiger partial charge in [0.1, 0.15) is 15.6 Å². The fourth-order valence-corrected chi connectivity index (χ4v) is 3.52. The van der Waals surface area contributed by atoms with Gasteiger partial charge < -0.3 is 10.1 Å². The van der Waals surface area contributed by atoms with Gasteiger partial charge in [-0.2, -0.15) is 0 Å². The largest absolute Gasteiger partial charge is 0.495 e. The smallest absolute Gasteiger partial charge is 0.161 e. The zero-order chi connectivity index (χ0) is 12.4. The molecule has 2 heterocycles. The molecule has 0 unspecified atom stereocenters. The highest BCUT2D eigenvalue weighted by Crippen LogP contribution is 2.36. The molecule has 2 aromatic heterocycles. The van der Waals surface area contributed by atoms with E-state index >= 15 is 0 Å². The predicted octanol–water partition coefficient (Wildman–Crippen LogP) is 2.57. The van der Waals surface area contributed by atoms with Crippen LogP contribution in [-0.2, 0) is 6.42 Å². The van der Waals surface area contributed by atoms with E-state index in [4.69, 9.17) is 4.74 Å². The third-order valence-corrected chi connectivity index (χ3v) is 4.89. The summed E-state index contributed by atoms with van der Waals surface area (Å²) < 4.78 is 5.31. The Bertz CT molecular complexity index is 519. The highest BCUT2D eigenvalue weighted by molar-refractivity contribution is 7.21. The van der Waals surface area contributed by atoms with Gasteiger partial charge in [-0.3, -0.25) is 0 Å². The van der Waals surface area contributed by atoms with Gasteiger partial charge in [-0.1, -0.05) is 11.3 Å². The van der Waals surface area contributed by atoms with Crippen LogP contribution in [0.1, 0.15) is 17.8 Å². The van der Waals surface area contributed by atoms with Gasteiger partial charge in [-0.25, -0.2) is 0 Å². The minimum atomic E-state index is 0.759. The van der Waals surface area contributed by atoms with Crippen molar-refractivity contribution in [3.8, 4) is 15.6 Å². The third kappa shape index (κ3) is 2.71. The average molecular weight is 281 g/mol. The summed E-state index contributed by atoms with van der Waals surface area (Å²) in [6.45, 7) is 1.00. The lowest BCUT2D eigenvalue weighted by molar-refractivity contribution is 0.418. The van der Waals surface area contributed by atoms with Crippen LogP contribution in [0.15, 0.2) is 11.4 Å². The van der Waals surface area contributed by atoms with Gasteiger partial charge >= 0.3 is 0 Å². The molecule has 0 aliphatic heterocycles. The summed E-state index contributed by atoms with van der Waals surface area (Å²) in [5, 5.41) is 16.1. The fraction of sp³-hybridized carbons (Fsp3) is 0.500. The van der Waals surface area contributed by atoms with Crippen LogP contribution < -0.4 is 10.1 Å².